The van der Waals surface area contributed by atoms with E-state index in [4.69, 9.17) is 24.2 Å². The Morgan fingerprint density at radius 2 is 1.72 bits per heavy atom. The van der Waals surface area contributed by atoms with Gasteiger partial charge in [-0.15, -0.1) is 11.3 Å². The molecular weight excluding hydrogens is 1020 g/mol. The van der Waals surface area contributed by atoms with Crippen LogP contribution in [0.2, 0.25) is 0 Å². The number of piperazine rings is 1. The summed E-state index contributed by atoms with van der Waals surface area (Å²) >= 11 is 1.57. The third-order valence-electron chi connectivity index (χ3n) is 15.6. The third-order valence-corrected chi connectivity index (χ3v) is 16.6. The lowest BCUT2D eigenvalue weighted by atomic mass is 9.85. The molecule has 0 spiro atoms. The van der Waals surface area contributed by atoms with Crippen molar-refractivity contribution in [1.29, 1.82) is 5.26 Å². The molecule has 0 aliphatic carbocycles. The number of rotatable bonds is 19. The monoisotopic (exact) mass is 1100 g/mol. The van der Waals surface area contributed by atoms with E-state index in [0.29, 0.717) is 52.2 Å². The van der Waals surface area contributed by atoms with Crippen LogP contribution in [0.15, 0.2) is 84.9 Å². The molecule has 0 unspecified atom stereocenters. The average Bonchev–Trinajstić information content (AvgIpc) is 4.25. The lowest BCUT2D eigenvalue weighted by molar-refractivity contribution is -0.144. The quantitative estimate of drug-likeness (QED) is 0.0678. The van der Waals surface area contributed by atoms with Crippen molar-refractivity contribution in [3.8, 4) is 22.5 Å². The number of likely N-dealkylation sites (tertiary alicyclic amines) is 2. The molecule has 0 saturated carbocycles. The van der Waals surface area contributed by atoms with Crippen molar-refractivity contribution >= 4 is 57.2 Å². The van der Waals surface area contributed by atoms with E-state index in [0.717, 1.165) is 51.0 Å². The number of nitriles is 1. The SMILES string of the molecule is C=CC(=O)N1CCN(c2nc(OC[C@@H]3C[C@@H](OCCOCC(=O)N[C@H](C(=O)N4C[C@H](O)C[C@H]4C(=O)N[C@@H](C)c4ccc(-c5scnc5C)cc4)C(C)(C)C)CN3C)nc3c2CCN(c2cccc4ccccc24)C3)C[C@@H]1CC#N. The molecule has 0 bridgehead atoms. The van der Waals surface area contributed by atoms with Crippen molar-refractivity contribution in [2.75, 3.05) is 82.5 Å². The molecular formula is C59H73N11O8S. The number of fused-ring (bicyclic) bond motifs is 2. The van der Waals surface area contributed by atoms with Gasteiger partial charge in [-0.3, -0.25) is 24.1 Å². The highest BCUT2D eigenvalue weighted by atomic mass is 32.1. The molecule has 3 fully saturated rings. The minimum absolute atomic E-state index is 0.00491. The van der Waals surface area contributed by atoms with Crippen LogP contribution >= 0.6 is 11.3 Å². The van der Waals surface area contributed by atoms with E-state index in [2.05, 4.69) is 79.4 Å². The van der Waals surface area contributed by atoms with Crippen LogP contribution < -0.4 is 25.2 Å². The van der Waals surface area contributed by atoms with Crippen LogP contribution in [0.1, 0.15) is 75.5 Å². The Morgan fingerprint density at radius 3 is 2.47 bits per heavy atom. The summed E-state index contributed by atoms with van der Waals surface area (Å²) in [5.74, 6) is -0.740. The number of hydrogen-bond acceptors (Lipinski definition) is 16. The molecule has 4 aliphatic rings. The Hall–Kier alpha value is -7.02. The van der Waals surface area contributed by atoms with Crippen LogP contribution in [0.3, 0.4) is 0 Å². The van der Waals surface area contributed by atoms with Crippen molar-refractivity contribution in [1.82, 2.24) is 40.3 Å². The van der Waals surface area contributed by atoms with Gasteiger partial charge < -0.3 is 49.6 Å². The van der Waals surface area contributed by atoms with E-state index in [9.17, 15) is 29.5 Å². The number of aliphatic hydroxyl groups is 1. The predicted octanol–water partition coefficient (Wildman–Crippen LogP) is 5.60. The lowest BCUT2D eigenvalue weighted by Gasteiger charge is -2.42. The number of aliphatic hydroxyl groups excluding tert-OH is 1. The van der Waals surface area contributed by atoms with Crippen molar-refractivity contribution in [3.05, 3.63) is 107 Å². The fraction of sp³-hybridized carbons (Fsp3) is 0.492. The highest BCUT2D eigenvalue weighted by Gasteiger charge is 2.45. The van der Waals surface area contributed by atoms with E-state index in [1.807, 2.05) is 77.5 Å². The fourth-order valence-corrected chi connectivity index (χ4v) is 12.1. The lowest BCUT2D eigenvalue weighted by Crippen LogP contribution is -2.58. The average molecular weight is 1100 g/mol. The Balaban J connectivity index is 0.768. The highest BCUT2D eigenvalue weighted by molar-refractivity contribution is 7.13. The van der Waals surface area contributed by atoms with E-state index < -0.39 is 35.4 Å². The first kappa shape index (κ1) is 56.7. The van der Waals surface area contributed by atoms with Gasteiger partial charge in [0, 0.05) is 68.4 Å². The van der Waals surface area contributed by atoms with Gasteiger partial charge in [-0.05, 0) is 67.8 Å². The second kappa shape index (κ2) is 25.0. The maximum Gasteiger partial charge on any atom is 0.318 e. The van der Waals surface area contributed by atoms with E-state index >= 15 is 0 Å². The number of thiazole rings is 1. The maximum absolute atomic E-state index is 14.2. The van der Waals surface area contributed by atoms with Crippen molar-refractivity contribution in [2.24, 2.45) is 5.41 Å². The number of anilines is 2. The zero-order valence-corrected chi connectivity index (χ0v) is 46.9. The number of aryl methyl sites for hydroxylation is 1. The molecule has 20 heteroatoms. The largest absolute Gasteiger partial charge is 0.462 e. The maximum atomic E-state index is 14.2. The van der Waals surface area contributed by atoms with Crippen LogP contribution in [0.4, 0.5) is 11.5 Å². The van der Waals surface area contributed by atoms with Crippen LogP contribution in [-0.2, 0) is 41.6 Å². The number of β-amino-alcohol motifs (C(OH)–C–C–N with tert-alkyl or cyclic N) is 1. The first-order valence-corrected chi connectivity index (χ1v) is 28.2. The Kier molecular flexibility index (Phi) is 17.9. The van der Waals surface area contributed by atoms with Crippen molar-refractivity contribution in [3.63, 3.8) is 0 Å². The topological polar surface area (TPSA) is 219 Å². The van der Waals surface area contributed by atoms with Crippen LogP contribution in [-0.4, -0.2) is 168 Å². The molecule has 3 saturated heterocycles. The zero-order chi connectivity index (χ0) is 56.0. The Labute approximate surface area is 466 Å². The first-order valence-electron chi connectivity index (χ1n) is 27.3. The number of amides is 4. The van der Waals surface area contributed by atoms with Gasteiger partial charge in [0.15, 0.2) is 0 Å². The van der Waals surface area contributed by atoms with Crippen LogP contribution in [0, 0.1) is 23.7 Å². The number of likely N-dealkylation sites (N-methyl/N-ethyl adjacent to an activating group) is 1. The summed E-state index contributed by atoms with van der Waals surface area (Å²) < 4.78 is 18.5. The molecule has 418 valence electrons. The molecule has 5 aromatic rings. The number of nitrogens with one attached hydrogen (secondary N) is 2. The number of benzene rings is 3. The minimum Gasteiger partial charge on any atom is -0.462 e. The Bertz CT molecular complexity index is 3050. The molecule has 9 rings (SSSR count). The Morgan fingerprint density at radius 1 is 0.937 bits per heavy atom. The van der Waals surface area contributed by atoms with Gasteiger partial charge in [-0.1, -0.05) is 88.0 Å². The van der Waals surface area contributed by atoms with E-state index in [-0.39, 0.29) is 81.3 Å². The number of carbonyl (C=O) groups is 4. The number of aromatic nitrogens is 3. The molecule has 7 atom stereocenters. The number of nitrogens with zero attached hydrogens (tertiary/aromatic N) is 9. The normalized spacial score (nSPS) is 21.3. The van der Waals surface area contributed by atoms with Crippen LogP contribution in [0.5, 0.6) is 6.01 Å². The molecule has 4 aliphatic heterocycles. The first-order chi connectivity index (χ1) is 38.0. The molecule has 3 aromatic carbocycles. The summed E-state index contributed by atoms with van der Waals surface area (Å²) in [6.45, 7) is 16.8. The summed E-state index contributed by atoms with van der Waals surface area (Å²) in [6.07, 6.45) is 1.93. The smallest absolute Gasteiger partial charge is 0.318 e. The molecule has 3 N–H and O–H groups in total. The zero-order valence-electron chi connectivity index (χ0n) is 46.1. The number of ether oxygens (including phenoxy) is 3. The van der Waals surface area contributed by atoms with Crippen LogP contribution in [0.25, 0.3) is 21.2 Å². The summed E-state index contributed by atoms with van der Waals surface area (Å²) in [7, 11) is 2.02. The second-order valence-electron chi connectivity index (χ2n) is 22.2. The molecule has 6 heterocycles. The number of carbonyl (C=O) groups excluding carboxylic acids is 4. The standard InChI is InChI=1S/C59H73N11O8S/c1-8-52(73)69-25-24-68(30-42(69)20-22-60)55-47-21-23-67(49-15-11-13-40-12-9-10-14-46(40)49)33-48(47)63-58(65-55)78-34-43-28-45(32-66(43)7)77-27-26-76-35-51(72)64-54(59(4,5)6)57(75)70-31-44(71)29-50(70)56(74)62-37(2)39-16-18-41(19-17-39)53-38(3)61-36-79-53/h8-19,36-37,42-45,50,54,71H,1,20-21,23-35H2,2-7H3,(H,62,74)(H,64,72)/t37-,42-,43-,44+,45+,50-,54+/m0/s1. The molecule has 4 amide bonds. The highest BCUT2D eigenvalue weighted by Crippen LogP contribution is 2.36. The fourth-order valence-electron chi connectivity index (χ4n) is 11.3. The van der Waals surface area contributed by atoms with Gasteiger partial charge in [0.2, 0.25) is 23.6 Å². The van der Waals surface area contributed by atoms with Gasteiger partial charge in [0.1, 0.15) is 31.1 Å². The van der Waals surface area contributed by atoms with E-state index in [1.54, 1.807) is 16.2 Å². The molecule has 19 nitrogen and oxygen atoms in total. The predicted molar refractivity (Wildman–Crippen MR) is 302 cm³/mol. The van der Waals surface area contributed by atoms with Crippen molar-refractivity contribution < 1.29 is 38.5 Å². The van der Waals surface area contributed by atoms with E-state index in [1.165, 1.54) is 21.7 Å². The van der Waals surface area contributed by atoms with Gasteiger partial charge in [0.25, 0.3) is 0 Å². The minimum atomic E-state index is -0.997. The van der Waals surface area contributed by atoms with Crippen molar-refractivity contribution in [2.45, 2.75) is 109 Å². The summed E-state index contributed by atoms with van der Waals surface area (Å²) in [5.41, 5.74) is 7.03. The second-order valence-corrected chi connectivity index (χ2v) is 23.0. The summed E-state index contributed by atoms with van der Waals surface area (Å²) in [5, 5.41) is 28.7. The van der Waals surface area contributed by atoms with Gasteiger partial charge in [0.05, 0.1) is 78.3 Å². The number of hydrogen-bond donors (Lipinski definition) is 3. The molecule has 2 aromatic heterocycles. The third kappa shape index (κ3) is 13.2. The summed E-state index contributed by atoms with van der Waals surface area (Å²) in [4.78, 5) is 79.5. The van der Waals surface area contributed by atoms with Gasteiger partial charge >= 0.3 is 6.01 Å². The van der Waals surface area contributed by atoms with Gasteiger partial charge in [-0.25, -0.2) is 4.98 Å². The molecule has 0 radical (unpaired) electrons. The molecule has 79 heavy (non-hydrogen) atoms. The summed E-state index contributed by atoms with van der Waals surface area (Å²) in [6, 6.07) is 22.6. The van der Waals surface area contributed by atoms with Gasteiger partial charge in [-0.2, -0.15) is 15.2 Å².